The van der Waals surface area contributed by atoms with Crippen molar-refractivity contribution in [2.24, 2.45) is 0 Å². The molecule has 21 heavy (non-hydrogen) atoms. The Kier molecular flexibility index (Phi) is 5.85. The molecule has 0 saturated heterocycles. The highest BCUT2D eigenvalue weighted by Gasteiger charge is 2.05. The Bertz CT molecular complexity index is 652. The molecule has 0 saturated carbocycles. The molecule has 2 rings (SSSR count). The van der Waals surface area contributed by atoms with E-state index in [0.29, 0.717) is 48.7 Å². The van der Waals surface area contributed by atoms with Crippen LogP contribution in [0.15, 0.2) is 16.2 Å². The fourth-order valence-corrected chi connectivity index (χ4v) is 2.52. The van der Waals surface area contributed by atoms with Crippen LogP contribution in [0.1, 0.15) is 12.2 Å². The zero-order chi connectivity index (χ0) is 15.1. The highest BCUT2D eigenvalue weighted by molar-refractivity contribution is 7.17. The van der Waals surface area contributed by atoms with Crippen LogP contribution >= 0.6 is 11.3 Å². The summed E-state index contributed by atoms with van der Waals surface area (Å²) in [7, 11) is 1.59. The third-order valence-electron chi connectivity index (χ3n) is 2.81. The second-order valence-electron chi connectivity index (χ2n) is 4.42. The van der Waals surface area contributed by atoms with E-state index in [1.165, 1.54) is 11.3 Å². The van der Waals surface area contributed by atoms with Crippen LogP contribution < -0.4 is 16.2 Å². The van der Waals surface area contributed by atoms with Crippen LogP contribution in [0.4, 0.5) is 0 Å². The second-order valence-corrected chi connectivity index (χ2v) is 5.33. The van der Waals surface area contributed by atoms with Crippen molar-refractivity contribution >= 4 is 27.5 Å². The molecule has 114 valence electrons. The number of rotatable bonds is 8. The van der Waals surface area contributed by atoms with Crippen molar-refractivity contribution in [3.8, 4) is 0 Å². The van der Waals surface area contributed by atoms with Crippen molar-refractivity contribution in [2.75, 3.05) is 26.8 Å². The van der Waals surface area contributed by atoms with E-state index in [4.69, 9.17) is 4.74 Å². The van der Waals surface area contributed by atoms with Gasteiger partial charge in [0, 0.05) is 26.6 Å². The first-order chi connectivity index (χ1) is 10.2. The molecule has 0 atom stereocenters. The third kappa shape index (κ3) is 4.62. The minimum absolute atomic E-state index is 0.0331. The van der Waals surface area contributed by atoms with Gasteiger partial charge in [-0.1, -0.05) is 0 Å². The molecule has 0 spiro atoms. The van der Waals surface area contributed by atoms with Crippen molar-refractivity contribution in [1.82, 2.24) is 20.6 Å². The maximum absolute atomic E-state index is 11.8. The fraction of sp³-hybridized carbons (Fsp3) is 0.462. The minimum Gasteiger partial charge on any atom is -0.383 e. The van der Waals surface area contributed by atoms with E-state index in [9.17, 15) is 9.59 Å². The topological polar surface area (TPSA) is 96.1 Å². The molecule has 1 amide bonds. The van der Waals surface area contributed by atoms with E-state index in [2.05, 4.69) is 20.6 Å². The molecule has 2 heterocycles. The summed E-state index contributed by atoms with van der Waals surface area (Å²) in [5, 5.41) is 7.66. The average Bonchev–Trinajstić information content (AvgIpc) is 2.93. The van der Waals surface area contributed by atoms with E-state index in [0.717, 1.165) is 0 Å². The first-order valence-electron chi connectivity index (χ1n) is 6.63. The standard InChI is InChI=1S/C13H18N4O3S/c1-20-6-5-15-11(18)2-4-14-8-10-16-9-3-7-21-12(9)13(19)17-10/h3,7,14H,2,4-6,8H2,1H3,(H,15,18)(H,16,17,19). The van der Waals surface area contributed by atoms with Crippen molar-refractivity contribution < 1.29 is 9.53 Å². The lowest BCUT2D eigenvalue weighted by molar-refractivity contribution is -0.121. The summed E-state index contributed by atoms with van der Waals surface area (Å²) >= 11 is 1.37. The number of aromatic nitrogens is 2. The number of nitrogens with zero attached hydrogens (tertiary/aromatic N) is 1. The summed E-state index contributed by atoms with van der Waals surface area (Å²) in [6.07, 6.45) is 0.370. The Morgan fingerprint density at radius 1 is 1.48 bits per heavy atom. The Balaban J connectivity index is 1.75. The smallest absolute Gasteiger partial charge is 0.268 e. The molecule has 0 bridgehead atoms. The lowest BCUT2D eigenvalue weighted by Crippen LogP contribution is -2.30. The van der Waals surface area contributed by atoms with Gasteiger partial charge in [0.25, 0.3) is 5.56 Å². The van der Waals surface area contributed by atoms with Crippen LogP contribution in [-0.4, -0.2) is 42.7 Å². The van der Waals surface area contributed by atoms with Crippen molar-refractivity contribution in [2.45, 2.75) is 13.0 Å². The van der Waals surface area contributed by atoms with Gasteiger partial charge in [0.2, 0.25) is 5.91 Å². The molecule has 0 radical (unpaired) electrons. The molecular weight excluding hydrogens is 292 g/mol. The van der Waals surface area contributed by atoms with Gasteiger partial charge in [0.1, 0.15) is 10.5 Å². The van der Waals surface area contributed by atoms with E-state index >= 15 is 0 Å². The number of fused-ring (bicyclic) bond motifs is 1. The zero-order valence-electron chi connectivity index (χ0n) is 11.8. The van der Waals surface area contributed by atoms with E-state index < -0.39 is 0 Å². The first-order valence-corrected chi connectivity index (χ1v) is 7.51. The number of carbonyl (C=O) groups is 1. The van der Waals surface area contributed by atoms with E-state index in [-0.39, 0.29) is 11.5 Å². The van der Waals surface area contributed by atoms with Gasteiger partial charge in [-0.05, 0) is 11.4 Å². The zero-order valence-corrected chi connectivity index (χ0v) is 12.6. The van der Waals surface area contributed by atoms with Crippen LogP contribution in [0.2, 0.25) is 0 Å². The molecule has 0 fully saturated rings. The lowest BCUT2D eigenvalue weighted by atomic mass is 10.4. The fourth-order valence-electron chi connectivity index (χ4n) is 1.79. The number of thiophene rings is 1. The van der Waals surface area contributed by atoms with Gasteiger partial charge in [-0.15, -0.1) is 11.3 Å². The molecule has 2 aromatic rings. The summed E-state index contributed by atoms with van der Waals surface area (Å²) in [5.74, 6) is 0.542. The van der Waals surface area contributed by atoms with E-state index in [1.807, 2.05) is 11.4 Å². The highest BCUT2D eigenvalue weighted by atomic mass is 32.1. The lowest BCUT2D eigenvalue weighted by Gasteiger charge is -2.06. The van der Waals surface area contributed by atoms with Crippen molar-refractivity contribution in [1.29, 1.82) is 0 Å². The molecule has 2 aromatic heterocycles. The van der Waals surface area contributed by atoms with Gasteiger partial charge < -0.3 is 20.4 Å². The van der Waals surface area contributed by atoms with Crippen LogP contribution in [0.5, 0.6) is 0 Å². The molecule has 7 nitrogen and oxygen atoms in total. The highest BCUT2D eigenvalue weighted by Crippen LogP contribution is 2.13. The molecule has 0 aliphatic rings. The molecule has 0 aliphatic carbocycles. The molecule has 3 N–H and O–H groups in total. The first kappa shape index (κ1) is 15.6. The number of amides is 1. The van der Waals surface area contributed by atoms with Crippen LogP contribution in [0.25, 0.3) is 10.2 Å². The predicted octanol–water partition coefficient (Wildman–Crippen LogP) is 0.227. The van der Waals surface area contributed by atoms with Gasteiger partial charge in [0.15, 0.2) is 0 Å². The number of ether oxygens (including phenoxy) is 1. The monoisotopic (exact) mass is 310 g/mol. The second kappa shape index (κ2) is 7.87. The Labute approximate surface area is 125 Å². The quantitative estimate of drug-likeness (QED) is 0.607. The summed E-state index contributed by atoms with van der Waals surface area (Å²) in [4.78, 5) is 30.3. The Hall–Kier alpha value is -1.77. The average molecular weight is 310 g/mol. The van der Waals surface area contributed by atoms with Crippen LogP contribution in [-0.2, 0) is 16.1 Å². The predicted molar refractivity (Wildman–Crippen MR) is 81.5 cm³/mol. The summed E-state index contributed by atoms with van der Waals surface area (Å²) < 4.78 is 5.48. The summed E-state index contributed by atoms with van der Waals surface area (Å²) in [6, 6.07) is 1.82. The SMILES string of the molecule is COCCNC(=O)CCNCc1nc2ccsc2c(=O)[nH]1. The summed E-state index contributed by atoms with van der Waals surface area (Å²) in [5.41, 5.74) is 0.585. The molecule has 0 aromatic carbocycles. The molecule has 8 heteroatoms. The molecular formula is C13H18N4O3S. The number of aromatic amines is 1. The van der Waals surface area contributed by atoms with Gasteiger partial charge in [-0.3, -0.25) is 9.59 Å². The third-order valence-corrected chi connectivity index (χ3v) is 3.72. The number of H-pyrrole nitrogens is 1. The number of methoxy groups -OCH3 is 1. The summed E-state index contributed by atoms with van der Waals surface area (Å²) in [6.45, 7) is 1.96. The minimum atomic E-state index is -0.121. The Morgan fingerprint density at radius 2 is 2.33 bits per heavy atom. The number of carbonyl (C=O) groups excluding carboxylic acids is 1. The van der Waals surface area contributed by atoms with Gasteiger partial charge in [-0.25, -0.2) is 4.98 Å². The normalized spacial score (nSPS) is 10.9. The van der Waals surface area contributed by atoms with E-state index in [1.54, 1.807) is 7.11 Å². The largest absolute Gasteiger partial charge is 0.383 e. The molecule has 0 unspecified atom stereocenters. The van der Waals surface area contributed by atoms with Gasteiger partial charge in [0.05, 0.1) is 18.7 Å². The number of nitrogens with one attached hydrogen (secondary N) is 3. The number of hydrogen-bond donors (Lipinski definition) is 3. The van der Waals surface area contributed by atoms with Gasteiger partial charge >= 0.3 is 0 Å². The van der Waals surface area contributed by atoms with Crippen LogP contribution in [0, 0.1) is 0 Å². The molecule has 0 aliphatic heterocycles. The maximum atomic E-state index is 11.8. The van der Waals surface area contributed by atoms with Gasteiger partial charge in [-0.2, -0.15) is 0 Å². The van der Waals surface area contributed by atoms with Crippen molar-refractivity contribution in [3.05, 3.63) is 27.6 Å². The maximum Gasteiger partial charge on any atom is 0.268 e. The number of hydrogen-bond acceptors (Lipinski definition) is 6. The van der Waals surface area contributed by atoms with Crippen molar-refractivity contribution in [3.63, 3.8) is 0 Å². The Morgan fingerprint density at radius 3 is 3.14 bits per heavy atom. The van der Waals surface area contributed by atoms with Crippen LogP contribution in [0.3, 0.4) is 0 Å².